The molecule has 20 heavy (non-hydrogen) atoms. The predicted octanol–water partition coefficient (Wildman–Crippen LogP) is 1.29. The number of nitro benzene ring substituents is 1. The number of hydrogen-bond acceptors (Lipinski definition) is 6. The highest BCUT2D eigenvalue weighted by atomic mass is 32.2. The molecule has 1 aromatic carbocycles. The van der Waals surface area contributed by atoms with Gasteiger partial charge in [-0.25, -0.2) is 8.42 Å². The van der Waals surface area contributed by atoms with E-state index in [9.17, 15) is 23.3 Å². The molecule has 1 rings (SSSR count). The lowest BCUT2D eigenvalue weighted by atomic mass is 10.2. The third-order valence-corrected chi connectivity index (χ3v) is 4.63. The van der Waals surface area contributed by atoms with Crippen LogP contribution in [0.5, 0.6) is 0 Å². The second-order valence-electron chi connectivity index (χ2n) is 4.03. The number of sulfonamides is 1. The average molecular weight is 318 g/mol. The van der Waals surface area contributed by atoms with Gasteiger partial charge in [-0.15, -0.1) is 0 Å². The number of carbonyl (C=O) groups is 1. The molecule has 1 aromatic rings. The van der Waals surface area contributed by atoms with Gasteiger partial charge in [-0.3, -0.25) is 19.6 Å². The summed E-state index contributed by atoms with van der Waals surface area (Å²) in [5.41, 5.74) is 0.249. The van der Waals surface area contributed by atoms with Crippen LogP contribution in [0, 0.1) is 10.1 Å². The van der Waals surface area contributed by atoms with Gasteiger partial charge in [0.1, 0.15) is 0 Å². The predicted molar refractivity (Wildman–Crippen MR) is 76.8 cm³/mol. The zero-order valence-corrected chi connectivity index (χ0v) is 12.5. The van der Waals surface area contributed by atoms with E-state index in [1.54, 1.807) is 13.2 Å². The molecule has 0 heterocycles. The molecular weight excluding hydrogens is 304 g/mol. The van der Waals surface area contributed by atoms with E-state index in [2.05, 4.69) is 0 Å². The van der Waals surface area contributed by atoms with Gasteiger partial charge in [0.25, 0.3) is 5.69 Å². The van der Waals surface area contributed by atoms with E-state index in [-0.39, 0.29) is 5.69 Å². The fourth-order valence-corrected chi connectivity index (χ4v) is 2.85. The van der Waals surface area contributed by atoms with Crippen LogP contribution in [0.3, 0.4) is 0 Å². The summed E-state index contributed by atoms with van der Waals surface area (Å²) in [6.07, 6.45) is 1.70. The largest absolute Gasteiger partial charge is 0.273 e. The molecule has 0 saturated heterocycles. The lowest BCUT2D eigenvalue weighted by Crippen LogP contribution is -2.36. The number of rotatable bonds is 6. The number of benzene rings is 1. The fourth-order valence-electron chi connectivity index (χ4n) is 1.31. The molecule has 0 radical (unpaired) electrons. The quantitative estimate of drug-likeness (QED) is 0.626. The summed E-state index contributed by atoms with van der Waals surface area (Å²) in [7, 11) is -3.80. The Morgan fingerprint density at radius 3 is 2.40 bits per heavy atom. The first kappa shape index (κ1) is 16.4. The number of amides is 1. The van der Waals surface area contributed by atoms with Crippen molar-refractivity contribution >= 4 is 33.4 Å². The summed E-state index contributed by atoms with van der Waals surface area (Å²) in [5.74, 6) is -0.989. The maximum atomic E-state index is 11.8. The van der Waals surface area contributed by atoms with Gasteiger partial charge >= 0.3 is 0 Å². The topological polar surface area (TPSA) is 106 Å². The summed E-state index contributed by atoms with van der Waals surface area (Å²) in [5, 5.41) is 10.0. The second kappa shape index (κ2) is 6.71. The second-order valence-corrected chi connectivity index (χ2v) is 6.93. The average Bonchev–Trinajstić information content (AvgIpc) is 2.37. The van der Waals surface area contributed by atoms with Crippen molar-refractivity contribution < 1.29 is 18.1 Å². The molecular formula is C11H14N2O5S2. The van der Waals surface area contributed by atoms with Crippen LogP contribution < -0.4 is 4.72 Å². The molecule has 0 aliphatic heterocycles. The number of nitro groups is 1. The van der Waals surface area contributed by atoms with Crippen molar-refractivity contribution in [2.75, 3.05) is 6.26 Å². The van der Waals surface area contributed by atoms with Crippen LogP contribution >= 0.6 is 11.8 Å². The Morgan fingerprint density at radius 2 is 1.95 bits per heavy atom. The van der Waals surface area contributed by atoms with E-state index in [0.717, 1.165) is 0 Å². The maximum Gasteiger partial charge on any atom is 0.269 e. The summed E-state index contributed by atoms with van der Waals surface area (Å²) in [6.45, 7) is 1.60. The molecule has 0 fully saturated rings. The van der Waals surface area contributed by atoms with Gasteiger partial charge in [-0.05, 0) is 18.7 Å². The van der Waals surface area contributed by atoms with E-state index >= 15 is 0 Å². The van der Waals surface area contributed by atoms with Gasteiger partial charge in [0, 0.05) is 12.1 Å². The Hall–Kier alpha value is -1.61. The van der Waals surface area contributed by atoms with Gasteiger partial charge in [-0.2, -0.15) is 11.8 Å². The standard InChI is InChI=1S/C11H14N2O5S2/c1-8(19-2)11(14)12-20(17,18)7-9-3-5-10(6-4-9)13(15)16/h3-6,8H,7H2,1-2H3,(H,12,14). The van der Waals surface area contributed by atoms with Gasteiger partial charge < -0.3 is 0 Å². The van der Waals surface area contributed by atoms with Crippen molar-refractivity contribution in [3.63, 3.8) is 0 Å². The summed E-state index contributed by atoms with van der Waals surface area (Å²) < 4.78 is 25.5. The molecule has 0 aromatic heterocycles. The van der Waals surface area contributed by atoms with E-state index in [1.807, 2.05) is 4.72 Å². The monoisotopic (exact) mass is 318 g/mol. The number of hydrogen-bond donors (Lipinski definition) is 1. The van der Waals surface area contributed by atoms with Crippen LogP contribution in [-0.4, -0.2) is 30.8 Å². The molecule has 0 bridgehead atoms. The van der Waals surface area contributed by atoms with Crippen molar-refractivity contribution in [3.05, 3.63) is 39.9 Å². The molecule has 0 aliphatic carbocycles. The molecule has 1 N–H and O–H groups in total. The van der Waals surface area contributed by atoms with Crippen LogP contribution in [0.15, 0.2) is 24.3 Å². The van der Waals surface area contributed by atoms with Crippen LogP contribution in [0.25, 0.3) is 0 Å². The fraction of sp³-hybridized carbons (Fsp3) is 0.364. The molecule has 110 valence electrons. The van der Waals surface area contributed by atoms with Crippen LogP contribution in [0.2, 0.25) is 0 Å². The van der Waals surface area contributed by atoms with Crippen LogP contribution in [-0.2, 0) is 20.6 Å². The highest BCUT2D eigenvalue weighted by Crippen LogP contribution is 2.14. The minimum Gasteiger partial charge on any atom is -0.273 e. The third kappa shape index (κ3) is 4.82. The molecule has 1 unspecified atom stereocenters. The van der Waals surface area contributed by atoms with Gasteiger partial charge in [0.05, 0.1) is 15.9 Å². The molecule has 1 atom stereocenters. The van der Waals surface area contributed by atoms with Gasteiger partial charge in [-0.1, -0.05) is 12.1 Å². The molecule has 1 amide bonds. The van der Waals surface area contributed by atoms with Gasteiger partial charge in [0.15, 0.2) is 0 Å². The van der Waals surface area contributed by atoms with E-state index in [1.165, 1.54) is 36.0 Å². The summed E-state index contributed by atoms with van der Waals surface area (Å²) in [6, 6.07) is 5.13. The number of thioether (sulfide) groups is 1. The van der Waals surface area contributed by atoms with Crippen molar-refractivity contribution in [2.24, 2.45) is 0 Å². The highest BCUT2D eigenvalue weighted by Gasteiger charge is 2.19. The molecule has 0 saturated carbocycles. The first-order valence-electron chi connectivity index (χ1n) is 5.55. The summed E-state index contributed by atoms with van der Waals surface area (Å²) >= 11 is 1.23. The maximum absolute atomic E-state index is 11.8. The highest BCUT2D eigenvalue weighted by molar-refractivity contribution is 8.00. The number of nitrogens with one attached hydrogen (secondary N) is 1. The minimum atomic E-state index is -3.80. The number of non-ortho nitro benzene ring substituents is 1. The molecule has 7 nitrogen and oxygen atoms in total. The minimum absolute atomic E-state index is 0.119. The van der Waals surface area contributed by atoms with E-state index < -0.39 is 31.9 Å². The first-order chi connectivity index (χ1) is 9.25. The third-order valence-electron chi connectivity index (χ3n) is 2.48. The Kier molecular flexibility index (Phi) is 5.52. The van der Waals surface area contributed by atoms with Crippen molar-refractivity contribution in [2.45, 2.75) is 17.9 Å². The Morgan fingerprint density at radius 1 is 1.40 bits per heavy atom. The van der Waals surface area contributed by atoms with Crippen molar-refractivity contribution in [1.29, 1.82) is 0 Å². The zero-order valence-electron chi connectivity index (χ0n) is 10.9. The Balaban J connectivity index is 2.76. The Labute approximate surface area is 121 Å². The van der Waals surface area contributed by atoms with Crippen molar-refractivity contribution in [3.8, 4) is 0 Å². The van der Waals surface area contributed by atoms with E-state index in [4.69, 9.17) is 0 Å². The number of carbonyl (C=O) groups excluding carboxylic acids is 1. The molecule has 0 aliphatic rings. The normalized spacial score (nSPS) is 12.7. The van der Waals surface area contributed by atoms with Crippen LogP contribution in [0.4, 0.5) is 5.69 Å². The molecule has 0 spiro atoms. The van der Waals surface area contributed by atoms with Gasteiger partial charge in [0.2, 0.25) is 15.9 Å². The number of nitrogens with zero attached hydrogens (tertiary/aromatic N) is 1. The zero-order chi connectivity index (χ0) is 15.3. The summed E-state index contributed by atoms with van der Waals surface area (Å²) in [4.78, 5) is 21.4. The van der Waals surface area contributed by atoms with Crippen molar-refractivity contribution in [1.82, 2.24) is 4.72 Å². The Bertz CT molecular complexity index is 598. The SMILES string of the molecule is CSC(C)C(=O)NS(=O)(=O)Cc1ccc([N+](=O)[O-])cc1. The molecule has 9 heteroatoms. The van der Waals surface area contributed by atoms with Crippen LogP contribution in [0.1, 0.15) is 12.5 Å². The lowest BCUT2D eigenvalue weighted by Gasteiger charge is -2.10. The van der Waals surface area contributed by atoms with E-state index in [0.29, 0.717) is 5.56 Å². The smallest absolute Gasteiger partial charge is 0.269 e. The lowest BCUT2D eigenvalue weighted by molar-refractivity contribution is -0.384. The first-order valence-corrected chi connectivity index (χ1v) is 8.49.